The molecule has 0 radical (unpaired) electrons. The largest absolute Gasteiger partial charge is 0.493 e. The van der Waals surface area contributed by atoms with Gasteiger partial charge in [0.15, 0.2) is 11.5 Å². The lowest BCUT2D eigenvalue weighted by Crippen LogP contribution is -2.34. The van der Waals surface area contributed by atoms with Crippen LogP contribution < -0.4 is 14.4 Å². The molecule has 1 fully saturated rings. The fourth-order valence-electron chi connectivity index (χ4n) is 4.01. The van der Waals surface area contributed by atoms with Gasteiger partial charge in [-0.15, -0.1) is 11.3 Å². The number of ether oxygens (including phenoxy) is 2. The molecule has 0 bridgehead atoms. The second-order valence-electron chi connectivity index (χ2n) is 7.12. The van der Waals surface area contributed by atoms with Crippen LogP contribution in [0.15, 0.2) is 23.6 Å². The van der Waals surface area contributed by atoms with Crippen LogP contribution in [0, 0.1) is 0 Å². The monoisotopic (exact) mass is 417 g/mol. The van der Waals surface area contributed by atoms with Gasteiger partial charge in [-0.2, -0.15) is 4.98 Å². The average Bonchev–Trinajstić information content (AvgIpc) is 3.16. The van der Waals surface area contributed by atoms with E-state index >= 15 is 0 Å². The Morgan fingerprint density at radius 1 is 1.07 bits per heavy atom. The molecule has 0 atom stereocenters. The molecule has 3 aromatic rings. The molecule has 2 heterocycles. The molecule has 1 aliphatic carbocycles. The summed E-state index contributed by atoms with van der Waals surface area (Å²) in [6, 6.07) is 6.46. The summed E-state index contributed by atoms with van der Waals surface area (Å²) < 4.78 is 10.9. The van der Waals surface area contributed by atoms with Crippen molar-refractivity contribution in [2.45, 2.75) is 38.1 Å². The minimum Gasteiger partial charge on any atom is -0.493 e. The Labute approximate surface area is 174 Å². The summed E-state index contributed by atoms with van der Waals surface area (Å²) in [5.74, 6) is 2.33. The van der Waals surface area contributed by atoms with Gasteiger partial charge in [0, 0.05) is 24.0 Å². The van der Waals surface area contributed by atoms with Crippen molar-refractivity contribution in [3.63, 3.8) is 0 Å². The average molecular weight is 418 g/mol. The highest BCUT2D eigenvalue weighted by Crippen LogP contribution is 2.42. The van der Waals surface area contributed by atoms with E-state index in [1.807, 2.05) is 18.2 Å². The molecule has 4 rings (SSSR count). The van der Waals surface area contributed by atoms with Gasteiger partial charge in [-0.25, -0.2) is 4.98 Å². The third kappa shape index (κ3) is 3.51. The fraction of sp³-hybridized carbons (Fsp3) is 0.429. The summed E-state index contributed by atoms with van der Waals surface area (Å²) in [5, 5.41) is 3.47. The molecular weight excluding hydrogens is 394 g/mol. The molecule has 1 saturated carbocycles. The van der Waals surface area contributed by atoms with Crippen LogP contribution in [0.3, 0.4) is 0 Å². The lowest BCUT2D eigenvalue weighted by atomic mass is 9.94. The Hall–Kier alpha value is -2.05. The van der Waals surface area contributed by atoms with E-state index in [0.29, 0.717) is 22.8 Å². The van der Waals surface area contributed by atoms with Crippen LogP contribution in [-0.4, -0.2) is 37.3 Å². The molecule has 1 aromatic carbocycles. The molecule has 28 heavy (non-hydrogen) atoms. The number of anilines is 1. The van der Waals surface area contributed by atoms with Crippen molar-refractivity contribution >= 4 is 39.0 Å². The summed E-state index contributed by atoms with van der Waals surface area (Å²) in [4.78, 5) is 12.3. The van der Waals surface area contributed by atoms with Gasteiger partial charge in [-0.3, -0.25) is 0 Å². The number of halogens is 1. The zero-order chi connectivity index (χ0) is 19.7. The van der Waals surface area contributed by atoms with Crippen molar-refractivity contribution in [3.05, 3.63) is 28.9 Å². The maximum absolute atomic E-state index is 6.27. The second-order valence-corrected chi connectivity index (χ2v) is 8.31. The highest BCUT2D eigenvalue weighted by molar-refractivity contribution is 7.17. The Morgan fingerprint density at radius 3 is 2.54 bits per heavy atom. The molecule has 5 nitrogen and oxygen atoms in total. The van der Waals surface area contributed by atoms with E-state index < -0.39 is 0 Å². The molecule has 0 N–H and O–H groups in total. The van der Waals surface area contributed by atoms with Crippen LogP contribution in [0.2, 0.25) is 5.28 Å². The van der Waals surface area contributed by atoms with Crippen LogP contribution in [0.1, 0.15) is 32.1 Å². The van der Waals surface area contributed by atoms with Crippen molar-refractivity contribution in [2.75, 3.05) is 26.2 Å². The summed E-state index contributed by atoms with van der Waals surface area (Å²) in [6.45, 7) is 0. The van der Waals surface area contributed by atoms with Crippen molar-refractivity contribution in [1.29, 1.82) is 0 Å². The van der Waals surface area contributed by atoms with Gasteiger partial charge in [0.25, 0.3) is 0 Å². The summed E-state index contributed by atoms with van der Waals surface area (Å²) in [7, 11) is 5.42. The molecule has 1 aliphatic rings. The summed E-state index contributed by atoms with van der Waals surface area (Å²) >= 11 is 7.86. The zero-order valence-electron chi connectivity index (χ0n) is 16.4. The maximum Gasteiger partial charge on any atom is 0.225 e. The van der Waals surface area contributed by atoms with E-state index in [4.69, 9.17) is 21.1 Å². The van der Waals surface area contributed by atoms with Gasteiger partial charge in [-0.05, 0) is 42.1 Å². The van der Waals surface area contributed by atoms with E-state index in [1.54, 1.807) is 25.6 Å². The highest BCUT2D eigenvalue weighted by atomic mass is 35.5. The van der Waals surface area contributed by atoms with E-state index in [1.165, 1.54) is 32.1 Å². The Morgan fingerprint density at radius 2 is 1.82 bits per heavy atom. The van der Waals surface area contributed by atoms with Crippen LogP contribution in [0.4, 0.5) is 5.82 Å². The lowest BCUT2D eigenvalue weighted by molar-refractivity contribution is 0.355. The van der Waals surface area contributed by atoms with Crippen molar-refractivity contribution in [3.8, 4) is 22.6 Å². The molecule has 0 amide bonds. The van der Waals surface area contributed by atoms with E-state index in [0.717, 1.165) is 27.2 Å². The Kier molecular flexibility index (Phi) is 5.60. The predicted octanol–water partition coefficient (Wildman–Crippen LogP) is 5.80. The minimum absolute atomic E-state index is 0.297. The van der Waals surface area contributed by atoms with Crippen molar-refractivity contribution in [1.82, 2.24) is 9.97 Å². The van der Waals surface area contributed by atoms with Gasteiger partial charge in [0.2, 0.25) is 5.28 Å². The number of hydrogen-bond donors (Lipinski definition) is 0. The zero-order valence-corrected chi connectivity index (χ0v) is 17.9. The first-order chi connectivity index (χ1) is 13.6. The van der Waals surface area contributed by atoms with Gasteiger partial charge < -0.3 is 14.4 Å². The van der Waals surface area contributed by atoms with Gasteiger partial charge in [0.05, 0.1) is 19.6 Å². The first kappa shape index (κ1) is 19.3. The molecule has 0 spiro atoms. The first-order valence-electron chi connectivity index (χ1n) is 9.52. The molecular formula is C21H24ClN3O2S. The molecule has 0 saturated heterocycles. The lowest BCUT2D eigenvalue weighted by Gasteiger charge is -2.32. The van der Waals surface area contributed by atoms with Crippen LogP contribution in [0.5, 0.6) is 11.5 Å². The van der Waals surface area contributed by atoms with Crippen molar-refractivity contribution < 1.29 is 9.47 Å². The number of nitrogens with zero attached hydrogens (tertiary/aromatic N) is 3. The topological polar surface area (TPSA) is 47.5 Å². The number of aromatic nitrogens is 2. The fourth-order valence-corrected chi connectivity index (χ4v) is 5.17. The first-order valence-corrected chi connectivity index (χ1v) is 10.8. The standard InChI is InChI=1S/C21H24ClN3O2S/c1-25(14-7-5-4-6-8-14)19-18-15(12-28-20(18)24-21(22)23-19)13-9-10-16(26-2)17(11-13)27-3/h9-12,14H,4-8H2,1-3H3. The maximum atomic E-state index is 6.27. The smallest absolute Gasteiger partial charge is 0.225 e. The third-order valence-electron chi connectivity index (χ3n) is 5.54. The van der Waals surface area contributed by atoms with Gasteiger partial charge >= 0.3 is 0 Å². The quantitative estimate of drug-likeness (QED) is 0.491. The normalized spacial score (nSPS) is 15.0. The molecule has 0 aliphatic heterocycles. The van der Waals surface area contributed by atoms with Crippen LogP contribution in [-0.2, 0) is 0 Å². The van der Waals surface area contributed by atoms with E-state index in [9.17, 15) is 0 Å². The highest BCUT2D eigenvalue weighted by Gasteiger charge is 2.24. The predicted molar refractivity (Wildman–Crippen MR) is 116 cm³/mol. The van der Waals surface area contributed by atoms with Gasteiger partial charge in [0.1, 0.15) is 10.6 Å². The Bertz CT molecular complexity index is 985. The van der Waals surface area contributed by atoms with Crippen LogP contribution >= 0.6 is 22.9 Å². The molecule has 2 aromatic heterocycles. The molecule has 0 unspecified atom stereocenters. The minimum atomic E-state index is 0.297. The number of thiophene rings is 1. The van der Waals surface area contributed by atoms with E-state index in [2.05, 4.69) is 27.3 Å². The second kappa shape index (κ2) is 8.13. The number of rotatable bonds is 5. The summed E-state index contributed by atoms with van der Waals surface area (Å²) in [6.07, 6.45) is 6.23. The molecule has 7 heteroatoms. The van der Waals surface area contributed by atoms with Crippen LogP contribution in [0.25, 0.3) is 21.3 Å². The van der Waals surface area contributed by atoms with Crippen molar-refractivity contribution in [2.24, 2.45) is 0 Å². The third-order valence-corrected chi connectivity index (χ3v) is 6.58. The molecule has 148 valence electrons. The Balaban J connectivity index is 1.84. The summed E-state index contributed by atoms with van der Waals surface area (Å²) in [5.41, 5.74) is 2.14. The SMILES string of the molecule is COc1ccc(-c2csc3nc(Cl)nc(N(C)C4CCCCC4)c23)cc1OC. The number of methoxy groups -OCH3 is 2. The number of benzene rings is 1. The van der Waals surface area contributed by atoms with Gasteiger partial charge in [-0.1, -0.05) is 25.3 Å². The van der Waals surface area contributed by atoms with E-state index in [-0.39, 0.29) is 0 Å². The number of fused-ring (bicyclic) bond motifs is 1. The number of hydrogen-bond acceptors (Lipinski definition) is 6.